The Morgan fingerprint density at radius 1 is 1.32 bits per heavy atom. The van der Waals surface area contributed by atoms with E-state index < -0.39 is 0 Å². The maximum atomic E-state index is 12.1. The van der Waals surface area contributed by atoms with Crippen molar-refractivity contribution in [2.24, 2.45) is 5.92 Å². The fraction of sp³-hybridized carbons (Fsp3) is 0.450. The van der Waals surface area contributed by atoms with Gasteiger partial charge in [-0.25, -0.2) is 4.98 Å². The SMILES string of the molecule is CCOC(=O)C1CCN([C@@H](c2ccc(C)cc2)c2sc3ncnn3c2O)CC1. The van der Waals surface area contributed by atoms with E-state index in [0.29, 0.717) is 11.6 Å². The summed E-state index contributed by atoms with van der Waals surface area (Å²) in [6, 6.07) is 8.28. The van der Waals surface area contributed by atoms with Crippen LogP contribution in [0.3, 0.4) is 0 Å². The maximum absolute atomic E-state index is 12.1. The smallest absolute Gasteiger partial charge is 0.309 e. The summed E-state index contributed by atoms with van der Waals surface area (Å²) in [4.78, 5) is 20.1. The maximum Gasteiger partial charge on any atom is 0.309 e. The Bertz CT molecular complexity index is 958. The lowest BCUT2D eigenvalue weighted by molar-refractivity contribution is -0.149. The van der Waals surface area contributed by atoms with E-state index in [1.54, 1.807) is 0 Å². The van der Waals surface area contributed by atoms with E-state index in [1.165, 1.54) is 27.7 Å². The Balaban J connectivity index is 1.64. The van der Waals surface area contributed by atoms with Crippen LogP contribution in [-0.4, -0.2) is 50.3 Å². The van der Waals surface area contributed by atoms with Gasteiger partial charge in [0, 0.05) is 0 Å². The molecule has 1 aromatic carbocycles. The molecule has 0 aliphatic carbocycles. The number of rotatable bonds is 5. The summed E-state index contributed by atoms with van der Waals surface area (Å²) in [7, 11) is 0. The number of ether oxygens (including phenoxy) is 1. The molecule has 4 rings (SSSR count). The van der Waals surface area contributed by atoms with E-state index in [2.05, 4.69) is 46.2 Å². The molecule has 0 radical (unpaired) electrons. The third-order valence-electron chi connectivity index (χ3n) is 5.29. The first kappa shape index (κ1) is 18.9. The van der Waals surface area contributed by atoms with Crippen LogP contribution in [0.1, 0.15) is 41.8 Å². The zero-order valence-corrected chi connectivity index (χ0v) is 16.9. The minimum atomic E-state index is -0.101. The van der Waals surface area contributed by atoms with Crippen molar-refractivity contribution >= 4 is 22.3 Å². The summed E-state index contributed by atoms with van der Waals surface area (Å²) < 4.78 is 6.67. The number of aromatic nitrogens is 3. The lowest BCUT2D eigenvalue weighted by Gasteiger charge is -2.36. The molecule has 3 aromatic rings. The Morgan fingerprint density at radius 2 is 2.04 bits per heavy atom. The second kappa shape index (κ2) is 7.89. The lowest BCUT2D eigenvalue weighted by atomic mass is 9.93. The fourth-order valence-corrected chi connectivity index (χ4v) is 4.89. The van der Waals surface area contributed by atoms with Gasteiger partial charge in [-0.05, 0) is 45.3 Å². The van der Waals surface area contributed by atoms with Crippen molar-refractivity contribution in [1.29, 1.82) is 0 Å². The van der Waals surface area contributed by atoms with Gasteiger partial charge in [0.05, 0.1) is 23.4 Å². The van der Waals surface area contributed by atoms with Crippen LogP contribution in [0.2, 0.25) is 0 Å². The zero-order chi connectivity index (χ0) is 19.7. The number of thiazole rings is 1. The van der Waals surface area contributed by atoms with Crippen molar-refractivity contribution in [3.63, 3.8) is 0 Å². The summed E-state index contributed by atoms with van der Waals surface area (Å²) in [6.45, 7) is 5.83. The van der Waals surface area contributed by atoms with E-state index in [9.17, 15) is 9.90 Å². The molecular formula is C20H24N4O3S. The summed E-state index contributed by atoms with van der Waals surface area (Å²) in [5.41, 5.74) is 2.30. The van der Waals surface area contributed by atoms with Gasteiger partial charge in [-0.1, -0.05) is 41.2 Å². The topological polar surface area (TPSA) is 80.0 Å². The van der Waals surface area contributed by atoms with Gasteiger partial charge >= 0.3 is 5.97 Å². The molecule has 1 N–H and O–H groups in total. The highest BCUT2D eigenvalue weighted by Gasteiger charge is 2.34. The third-order valence-corrected chi connectivity index (χ3v) is 6.38. The van der Waals surface area contributed by atoms with E-state index in [4.69, 9.17) is 4.74 Å². The second-order valence-electron chi connectivity index (χ2n) is 7.12. The predicted molar refractivity (Wildman–Crippen MR) is 106 cm³/mol. The van der Waals surface area contributed by atoms with E-state index >= 15 is 0 Å². The number of piperidine rings is 1. The fourth-order valence-electron chi connectivity index (χ4n) is 3.80. The van der Waals surface area contributed by atoms with Crippen molar-refractivity contribution in [1.82, 2.24) is 19.5 Å². The van der Waals surface area contributed by atoms with Crippen LogP contribution in [0.4, 0.5) is 0 Å². The number of aromatic hydroxyl groups is 1. The number of nitrogens with zero attached hydrogens (tertiary/aromatic N) is 4. The molecule has 28 heavy (non-hydrogen) atoms. The molecule has 0 unspecified atom stereocenters. The minimum absolute atomic E-state index is 0.0502. The Hall–Kier alpha value is -2.45. The van der Waals surface area contributed by atoms with Gasteiger partial charge in [0.2, 0.25) is 10.8 Å². The highest BCUT2D eigenvalue weighted by atomic mass is 32.1. The highest BCUT2D eigenvalue weighted by Crippen LogP contribution is 2.41. The van der Waals surface area contributed by atoms with Crippen LogP contribution in [0.15, 0.2) is 30.6 Å². The number of hydrogen-bond donors (Lipinski definition) is 1. The number of carbonyl (C=O) groups is 1. The molecule has 0 bridgehead atoms. The van der Waals surface area contributed by atoms with Crippen LogP contribution < -0.4 is 0 Å². The van der Waals surface area contributed by atoms with Crippen molar-refractivity contribution < 1.29 is 14.6 Å². The minimum Gasteiger partial charge on any atom is -0.492 e. The predicted octanol–water partition coefficient (Wildman–Crippen LogP) is 3.17. The molecule has 1 atom stereocenters. The van der Waals surface area contributed by atoms with Crippen molar-refractivity contribution in [3.8, 4) is 5.88 Å². The van der Waals surface area contributed by atoms with E-state index in [-0.39, 0.29) is 23.8 Å². The monoisotopic (exact) mass is 400 g/mol. The Kier molecular flexibility index (Phi) is 5.32. The first-order valence-electron chi connectivity index (χ1n) is 9.57. The average molecular weight is 401 g/mol. The average Bonchev–Trinajstić information content (AvgIpc) is 3.28. The molecule has 2 aromatic heterocycles. The molecule has 0 saturated carbocycles. The van der Waals surface area contributed by atoms with Gasteiger partial charge in [0.1, 0.15) is 6.33 Å². The molecule has 0 amide bonds. The second-order valence-corrected chi connectivity index (χ2v) is 8.13. The summed E-state index contributed by atoms with van der Waals surface area (Å²) in [5, 5.41) is 14.9. The van der Waals surface area contributed by atoms with Gasteiger partial charge in [0.25, 0.3) is 0 Å². The van der Waals surface area contributed by atoms with Crippen molar-refractivity contribution in [2.45, 2.75) is 32.7 Å². The van der Waals surface area contributed by atoms with Gasteiger partial charge < -0.3 is 9.84 Å². The molecule has 7 nitrogen and oxygen atoms in total. The highest BCUT2D eigenvalue weighted by molar-refractivity contribution is 7.17. The van der Waals surface area contributed by atoms with E-state index in [0.717, 1.165) is 36.4 Å². The first-order valence-corrected chi connectivity index (χ1v) is 10.4. The third kappa shape index (κ3) is 3.49. The van der Waals surface area contributed by atoms with Gasteiger partial charge in [-0.15, -0.1) is 0 Å². The molecule has 1 saturated heterocycles. The normalized spacial score (nSPS) is 17.1. The quantitative estimate of drug-likeness (QED) is 0.663. The number of aryl methyl sites for hydroxylation is 1. The van der Waals surface area contributed by atoms with E-state index in [1.807, 2.05) is 6.92 Å². The molecule has 148 valence electrons. The van der Waals surface area contributed by atoms with Gasteiger partial charge in [-0.2, -0.15) is 9.61 Å². The van der Waals surface area contributed by atoms with Crippen LogP contribution in [0.5, 0.6) is 5.88 Å². The molecule has 3 heterocycles. The van der Waals surface area contributed by atoms with Crippen molar-refractivity contribution in [3.05, 3.63) is 46.6 Å². The largest absolute Gasteiger partial charge is 0.492 e. The zero-order valence-electron chi connectivity index (χ0n) is 16.0. The number of likely N-dealkylation sites (tertiary alicyclic amines) is 1. The Morgan fingerprint density at radius 3 is 2.68 bits per heavy atom. The van der Waals surface area contributed by atoms with Gasteiger partial charge in [0.15, 0.2) is 0 Å². The molecule has 1 fully saturated rings. The molecule has 8 heteroatoms. The lowest BCUT2D eigenvalue weighted by Crippen LogP contribution is -2.39. The van der Waals surface area contributed by atoms with Gasteiger partial charge in [-0.3, -0.25) is 9.69 Å². The number of fused-ring (bicyclic) bond motifs is 1. The summed E-state index contributed by atoms with van der Waals surface area (Å²) in [5.74, 6) is -0.0166. The molecule has 1 aliphatic rings. The standard InChI is InChI=1S/C20H24N4O3S/c1-3-27-19(26)15-8-10-23(11-9-15)16(14-6-4-13(2)5-7-14)17-18(25)24-20(28-17)21-12-22-24/h4-7,12,15-16,25H,3,8-11H2,1-2H3/t16-/m0/s1. The summed E-state index contributed by atoms with van der Waals surface area (Å²) >= 11 is 1.45. The van der Waals surface area contributed by atoms with Crippen LogP contribution in [-0.2, 0) is 9.53 Å². The molecule has 0 spiro atoms. The van der Waals surface area contributed by atoms with Crippen LogP contribution >= 0.6 is 11.3 Å². The first-order chi connectivity index (χ1) is 13.6. The molecule has 1 aliphatic heterocycles. The van der Waals surface area contributed by atoms with Crippen LogP contribution in [0, 0.1) is 12.8 Å². The van der Waals surface area contributed by atoms with Crippen molar-refractivity contribution in [2.75, 3.05) is 19.7 Å². The number of carbonyl (C=O) groups excluding carboxylic acids is 1. The molecular weight excluding hydrogens is 376 g/mol. The van der Waals surface area contributed by atoms with Crippen LogP contribution in [0.25, 0.3) is 4.96 Å². The number of esters is 1. The number of benzene rings is 1. The number of hydrogen-bond acceptors (Lipinski definition) is 7. The Labute approximate surface area is 167 Å². The summed E-state index contributed by atoms with van der Waals surface area (Å²) in [6.07, 6.45) is 2.95.